The quantitative estimate of drug-likeness (QED) is 0.338. The highest BCUT2D eigenvalue weighted by atomic mass is 32.5. The van der Waals surface area contributed by atoms with Gasteiger partial charge in [0.05, 0.1) is 6.04 Å². The number of hydrogen-bond acceptors (Lipinski definition) is 3. The first-order valence-corrected chi connectivity index (χ1v) is 6.34. The van der Waals surface area contributed by atoms with Crippen LogP contribution in [0, 0.1) is 0 Å². The van der Waals surface area contributed by atoms with Crippen molar-refractivity contribution in [2.45, 2.75) is 18.9 Å². The van der Waals surface area contributed by atoms with Crippen molar-refractivity contribution in [2.24, 2.45) is 11.5 Å². The van der Waals surface area contributed by atoms with Crippen molar-refractivity contribution in [1.29, 1.82) is 0 Å². The van der Waals surface area contributed by atoms with E-state index in [1.165, 1.54) is 0 Å². The van der Waals surface area contributed by atoms with Crippen LogP contribution in [0.3, 0.4) is 0 Å². The van der Waals surface area contributed by atoms with E-state index in [0.29, 0.717) is 0 Å². The van der Waals surface area contributed by atoms with Crippen LogP contribution in [-0.4, -0.2) is 27.6 Å². The van der Waals surface area contributed by atoms with E-state index in [-0.39, 0.29) is 12.8 Å². The van der Waals surface area contributed by atoms with Gasteiger partial charge in [0.1, 0.15) is 0 Å². The Balaban J connectivity index is 4.24. The molecule has 0 aliphatic carbocycles. The maximum absolute atomic E-state index is 10.7. The van der Waals surface area contributed by atoms with Gasteiger partial charge in [-0.15, -0.1) is 0 Å². The third-order valence-corrected chi connectivity index (χ3v) is 2.31. The van der Waals surface area contributed by atoms with Crippen molar-refractivity contribution in [3.05, 3.63) is 0 Å². The smallest absolute Gasteiger partial charge is 0.256 e. The third-order valence-electron chi connectivity index (χ3n) is 1.35. The summed E-state index contributed by atoms with van der Waals surface area (Å²) < 4.78 is 0. The molecule has 0 fully saturated rings. The first kappa shape index (κ1) is 13.5. The molecule has 0 bridgehead atoms. The third kappa shape index (κ3) is 6.93. The maximum atomic E-state index is 10.7. The van der Waals surface area contributed by atoms with Gasteiger partial charge in [-0.05, 0) is 18.2 Å². The van der Waals surface area contributed by atoms with Crippen LogP contribution in [-0.2, 0) is 21.4 Å². The highest BCUT2D eigenvalue weighted by Gasteiger charge is 2.21. The van der Waals surface area contributed by atoms with Crippen LogP contribution in [0.25, 0.3) is 0 Å². The minimum absolute atomic E-state index is 0.00975. The average Bonchev–Trinajstić information content (AvgIpc) is 1.94. The molecule has 0 saturated carbocycles. The topological polar surface area (TPSA) is 139 Å². The van der Waals surface area contributed by atoms with Crippen LogP contribution >= 0.6 is 6.64 Å². The van der Waals surface area contributed by atoms with E-state index >= 15 is 0 Å². The Kier molecular flexibility index (Phi) is 5.17. The Morgan fingerprint density at radius 3 is 2.21 bits per heavy atom. The molecule has 0 aliphatic heterocycles. The molecule has 1 atom stereocenters. The van der Waals surface area contributed by atoms with Gasteiger partial charge < -0.3 is 21.3 Å². The summed E-state index contributed by atoms with van der Waals surface area (Å²) in [6, 6.07) is -1.05. The van der Waals surface area contributed by atoms with Crippen molar-refractivity contribution in [2.75, 3.05) is 0 Å². The second-order valence-corrected chi connectivity index (χ2v) is 5.51. The van der Waals surface area contributed by atoms with E-state index in [0.717, 1.165) is 0 Å². The summed E-state index contributed by atoms with van der Waals surface area (Å²) >= 11 is 4.25. The standard InChI is InChI=1S/C5H12N3O4PS/c6-4(9)2-1-3(5(7)10)8-13(11,12)14/h3H,1-2H2,(H2,6,9)(H2,7,10)(H3,8,11,12,14). The molecule has 14 heavy (non-hydrogen) atoms. The number of primary amides is 2. The van der Waals surface area contributed by atoms with Crippen molar-refractivity contribution in [1.82, 2.24) is 5.09 Å². The summed E-state index contributed by atoms with van der Waals surface area (Å²) in [5.41, 5.74) is 9.77. The molecule has 0 aromatic carbocycles. The van der Waals surface area contributed by atoms with E-state index in [9.17, 15) is 9.59 Å². The van der Waals surface area contributed by atoms with E-state index in [4.69, 9.17) is 21.3 Å². The van der Waals surface area contributed by atoms with Crippen molar-refractivity contribution in [3.8, 4) is 0 Å². The number of carbonyl (C=O) groups is 2. The lowest BCUT2D eigenvalue weighted by Gasteiger charge is -2.17. The second-order valence-electron chi connectivity index (χ2n) is 2.63. The summed E-state index contributed by atoms with van der Waals surface area (Å²) in [4.78, 5) is 38.8. The lowest BCUT2D eigenvalue weighted by atomic mass is 10.1. The van der Waals surface area contributed by atoms with E-state index < -0.39 is 24.5 Å². The van der Waals surface area contributed by atoms with Gasteiger partial charge in [0.2, 0.25) is 11.8 Å². The summed E-state index contributed by atoms with van der Waals surface area (Å²) in [5, 5.41) is 2.07. The number of carbonyl (C=O) groups excluding carboxylic acids is 2. The molecule has 1 unspecified atom stereocenters. The molecule has 9 heteroatoms. The van der Waals surface area contributed by atoms with Crippen LogP contribution in [0.2, 0.25) is 0 Å². The number of nitrogens with two attached hydrogens (primary N) is 2. The fraction of sp³-hybridized carbons (Fsp3) is 0.600. The lowest BCUT2D eigenvalue weighted by molar-refractivity contribution is -0.120. The highest BCUT2D eigenvalue weighted by molar-refractivity contribution is 8.08. The SMILES string of the molecule is NC(=O)CCC(NP(O)(O)=S)C(N)=O. The van der Waals surface area contributed by atoms with Gasteiger partial charge in [0, 0.05) is 6.42 Å². The molecule has 0 radical (unpaired) electrons. The maximum Gasteiger partial charge on any atom is 0.256 e. The van der Waals surface area contributed by atoms with Gasteiger partial charge in [-0.3, -0.25) is 9.59 Å². The fourth-order valence-electron chi connectivity index (χ4n) is 0.760. The van der Waals surface area contributed by atoms with Crippen molar-refractivity contribution < 1.29 is 19.4 Å². The summed E-state index contributed by atoms with van der Waals surface area (Å²) in [6.45, 7) is -3.71. The highest BCUT2D eigenvalue weighted by Crippen LogP contribution is 2.30. The lowest BCUT2D eigenvalue weighted by Crippen LogP contribution is -2.40. The van der Waals surface area contributed by atoms with Gasteiger partial charge in [0.25, 0.3) is 6.64 Å². The van der Waals surface area contributed by atoms with Crippen LogP contribution in [0.4, 0.5) is 0 Å². The Hall–Kier alpha value is -0.530. The Labute approximate surface area is 85.7 Å². The van der Waals surface area contributed by atoms with Crippen LogP contribution in [0.5, 0.6) is 0 Å². The van der Waals surface area contributed by atoms with Crippen LogP contribution in [0.1, 0.15) is 12.8 Å². The Morgan fingerprint density at radius 2 is 1.93 bits per heavy atom. The summed E-state index contributed by atoms with van der Waals surface area (Å²) in [6.07, 6.45) is -0.0971. The van der Waals surface area contributed by atoms with Gasteiger partial charge in [-0.2, -0.15) is 0 Å². The normalized spacial score (nSPS) is 13.6. The predicted molar refractivity (Wildman–Crippen MR) is 53.3 cm³/mol. The van der Waals surface area contributed by atoms with Crippen LogP contribution < -0.4 is 16.6 Å². The van der Waals surface area contributed by atoms with Crippen molar-refractivity contribution in [3.63, 3.8) is 0 Å². The Morgan fingerprint density at radius 1 is 1.43 bits per heavy atom. The molecule has 0 spiro atoms. The number of nitrogens with one attached hydrogen (secondary N) is 1. The summed E-state index contributed by atoms with van der Waals surface area (Å²) in [5.74, 6) is -1.43. The molecule has 0 saturated heterocycles. The first-order valence-electron chi connectivity index (χ1n) is 3.63. The van der Waals surface area contributed by atoms with E-state index in [1.54, 1.807) is 0 Å². The van der Waals surface area contributed by atoms with Gasteiger partial charge >= 0.3 is 0 Å². The van der Waals surface area contributed by atoms with E-state index in [1.807, 2.05) is 0 Å². The molecule has 0 aliphatic rings. The average molecular weight is 241 g/mol. The van der Waals surface area contributed by atoms with Crippen molar-refractivity contribution >= 4 is 30.3 Å². The number of rotatable bonds is 6. The molecule has 82 valence electrons. The molecule has 0 aromatic rings. The molecule has 0 heterocycles. The minimum Gasteiger partial charge on any atom is -0.370 e. The predicted octanol–water partition coefficient (Wildman–Crippen LogP) is -2.10. The largest absolute Gasteiger partial charge is 0.370 e. The molecule has 2 amide bonds. The first-order chi connectivity index (χ1) is 6.22. The molecular weight excluding hydrogens is 229 g/mol. The zero-order valence-electron chi connectivity index (χ0n) is 7.21. The summed E-state index contributed by atoms with van der Waals surface area (Å²) in [7, 11) is 0. The number of amides is 2. The zero-order chi connectivity index (χ0) is 11.4. The molecular formula is C5H12N3O4PS. The molecule has 7 nitrogen and oxygen atoms in total. The molecule has 0 aromatic heterocycles. The fourth-order valence-corrected chi connectivity index (χ4v) is 1.80. The monoisotopic (exact) mass is 241 g/mol. The Bertz CT molecular complexity index is 278. The van der Waals surface area contributed by atoms with Gasteiger partial charge in [0.15, 0.2) is 0 Å². The molecule has 7 N–H and O–H groups in total. The zero-order valence-corrected chi connectivity index (χ0v) is 8.92. The van der Waals surface area contributed by atoms with Gasteiger partial charge in [-0.1, -0.05) is 0 Å². The van der Waals surface area contributed by atoms with E-state index in [2.05, 4.69) is 16.9 Å². The minimum atomic E-state index is -3.71. The van der Waals surface area contributed by atoms with Crippen LogP contribution in [0.15, 0.2) is 0 Å². The second kappa shape index (κ2) is 5.38. The molecule has 0 rings (SSSR count). The van der Waals surface area contributed by atoms with Gasteiger partial charge in [-0.25, -0.2) is 5.09 Å². The number of hydrogen-bond donors (Lipinski definition) is 5.